The lowest BCUT2D eigenvalue weighted by Gasteiger charge is -2.36. The summed E-state index contributed by atoms with van der Waals surface area (Å²) in [5.74, 6) is -3.96. The van der Waals surface area contributed by atoms with Crippen LogP contribution in [0.15, 0.2) is 46.9 Å². The van der Waals surface area contributed by atoms with Crippen molar-refractivity contribution in [3.63, 3.8) is 0 Å². The van der Waals surface area contributed by atoms with E-state index in [0.717, 1.165) is 43.4 Å². The van der Waals surface area contributed by atoms with Crippen LogP contribution in [-0.4, -0.2) is 68.1 Å². The van der Waals surface area contributed by atoms with E-state index in [9.17, 15) is 34.4 Å². The van der Waals surface area contributed by atoms with Gasteiger partial charge in [0.25, 0.3) is 0 Å². The van der Waals surface area contributed by atoms with Gasteiger partial charge in [0.2, 0.25) is 15.9 Å². The Morgan fingerprint density at radius 3 is 2.16 bits per heavy atom. The molecule has 1 aliphatic heterocycles. The first kappa shape index (κ1) is 27.9. The lowest BCUT2D eigenvalue weighted by molar-refractivity contribution is -0.156. The molecule has 3 aromatic rings. The van der Waals surface area contributed by atoms with E-state index in [1.54, 1.807) is 0 Å². The Hall–Kier alpha value is -3.15. The predicted octanol–water partition coefficient (Wildman–Crippen LogP) is 2.86. The van der Waals surface area contributed by atoms with Crippen molar-refractivity contribution in [3.8, 4) is 11.5 Å². The van der Waals surface area contributed by atoms with Crippen LogP contribution in [0.5, 0.6) is 0 Å². The molecule has 38 heavy (non-hydrogen) atoms. The second-order valence-corrected chi connectivity index (χ2v) is 12.1. The van der Waals surface area contributed by atoms with E-state index in [-0.39, 0.29) is 43.0 Å². The third-order valence-electron chi connectivity index (χ3n) is 5.65. The molecule has 0 unspecified atom stereocenters. The maximum Gasteiger partial charge on any atom is 0.470 e. The van der Waals surface area contributed by atoms with Crippen LogP contribution in [0.25, 0.3) is 11.5 Å². The summed E-state index contributed by atoms with van der Waals surface area (Å²) in [5, 5.41) is 6.14. The van der Waals surface area contributed by atoms with Crippen LogP contribution in [0.3, 0.4) is 0 Å². The quantitative estimate of drug-likeness (QED) is 0.394. The number of piperazine rings is 1. The fourth-order valence-electron chi connectivity index (χ4n) is 3.73. The second kappa shape index (κ2) is 10.2. The van der Waals surface area contributed by atoms with Gasteiger partial charge >= 0.3 is 22.3 Å². The molecule has 0 saturated carbocycles. The summed E-state index contributed by atoms with van der Waals surface area (Å²) in [7, 11) is -7.95. The van der Waals surface area contributed by atoms with Gasteiger partial charge in [0.1, 0.15) is 11.6 Å². The first-order valence-electron chi connectivity index (χ1n) is 10.8. The molecule has 0 spiro atoms. The maximum atomic E-state index is 15.1. The minimum absolute atomic E-state index is 0.109. The van der Waals surface area contributed by atoms with Crippen LogP contribution in [0, 0.1) is 11.6 Å². The van der Waals surface area contributed by atoms with Crippen molar-refractivity contribution in [3.05, 3.63) is 65.6 Å². The van der Waals surface area contributed by atoms with Crippen molar-refractivity contribution < 1.29 is 43.2 Å². The molecule has 10 nitrogen and oxygen atoms in total. The number of aromatic nitrogens is 2. The maximum absolute atomic E-state index is 15.1. The summed E-state index contributed by atoms with van der Waals surface area (Å²) >= 11 is 0. The number of alkyl halides is 3. The monoisotopic (exact) mass is 581 g/mol. The lowest BCUT2D eigenvalue weighted by atomic mass is 10.1. The van der Waals surface area contributed by atoms with E-state index in [2.05, 4.69) is 14.6 Å². The average Bonchev–Trinajstić information content (AvgIpc) is 3.34. The average molecular weight is 582 g/mol. The molecule has 0 amide bonds. The molecule has 0 bridgehead atoms. The summed E-state index contributed by atoms with van der Waals surface area (Å²) in [6, 6.07) is 7.71. The third kappa shape index (κ3) is 5.95. The van der Waals surface area contributed by atoms with E-state index in [4.69, 9.17) is 0 Å². The largest absolute Gasteiger partial charge is 0.470 e. The van der Waals surface area contributed by atoms with Crippen molar-refractivity contribution in [2.75, 3.05) is 36.7 Å². The fraction of sp³-hybridized carbons (Fsp3) is 0.333. The number of anilines is 1. The Morgan fingerprint density at radius 2 is 1.61 bits per heavy atom. The number of hydrogen-bond donors (Lipinski definition) is 0. The van der Waals surface area contributed by atoms with Crippen LogP contribution in [0.1, 0.15) is 11.5 Å². The zero-order valence-corrected chi connectivity index (χ0v) is 21.2. The third-order valence-corrected chi connectivity index (χ3v) is 8.87. The molecule has 17 heteroatoms. The first-order valence-corrected chi connectivity index (χ1v) is 14.1. The van der Waals surface area contributed by atoms with Crippen LogP contribution < -0.4 is 4.31 Å². The summed E-state index contributed by atoms with van der Waals surface area (Å²) in [4.78, 5) is 0. The van der Waals surface area contributed by atoms with E-state index in [0.29, 0.717) is 0 Å². The van der Waals surface area contributed by atoms with Gasteiger partial charge in [-0.15, -0.1) is 10.2 Å². The van der Waals surface area contributed by atoms with E-state index >= 15 is 4.39 Å². The van der Waals surface area contributed by atoms with Crippen LogP contribution in [-0.2, 0) is 33.0 Å². The Balaban J connectivity index is 1.64. The van der Waals surface area contributed by atoms with Gasteiger partial charge in [-0.05, 0) is 30.3 Å². The van der Waals surface area contributed by atoms with Crippen LogP contribution >= 0.6 is 0 Å². The number of hydrogen-bond acceptors (Lipinski definition) is 7. The minimum atomic E-state index is -4.89. The van der Waals surface area contributed by atoms with Crippen molar-refractivity contribution in [1.82, 2.24) is 18.8 Å². The van der Waals surface area contributed by atoms with Gasteiger partial charge in [0.15, 0.2) is 0 Å². The molecule has 1 aromatic heterocycles. The molecule has 0 atom stereocenters. The first-order chi connectivity index (χ1) is 17.7. The van der Waals surface area contributed by atoms with Crippen LogP contribution in [0.2, 0.25) is 0 Å². The molecule has 0 aliphatic carbocycles. The molecular formula is C21H20F5N5O5S2. The normalized spacial score (nSPS) is 16.1. The molecule has 0 radical (unpaired) electrons. The highest BCUT2D eigenvalue weighted by atomic mass is 32.2. The predicted molar refractivity (Wildman–Crippen MR) is 124 cm³/mol. The summed E-state index contributed by atoms with van der Waals surface area (Å²) < 4.78 is 125. The highest BCUT2D eigenvalue weighted by Gasteiger charge is 2.38. The molecule has 1 saturated heterocycles. The number of nitrogens with zero attached hydrogens (tertiary/aromatic N) is 5. The number of benzene rings is 2. The van der Waals surface area contributed by atoms with Gasteiger partial charge < -0.3 is 4.42 Å². The van der Waals surface area contributed by atoms with Gasteiger partial charge in [-0.1, -0.05) is 12.1 Å². The summed E-state index contributed by atoms with van der Waals surface area (Å²) in [6.07, 6.45) is -3.89. The van der Waals surface area contributed by atoms with Crippen molar-refractivity contribution in [2.45, 2.75) is 12.7 Å². The zero-order chi connectivity index (χ0) is 27.9. The second-order valence-electron chi connectivity index (χ2n) is 8.27. The molecular weight excluding hydrogens is 561 g/mol. The van der Waals surface area contributed by atoms with Crippen molar-refractivity contribution >= 4 is 25.9 Å². The van der Waals surface area contributed by atoms with E-state index in [1.807, 2.05) is 0 Å². The Bertz CT molecular complexity index is 1540. The molecule has 1 aliphatic rings. The molecule has 2 heterocycles. The van der Waals surface area contributed by atoms with Crippen LogP contribution in [0.4, 0.5) is 27.6 Å². The Kier molecular flexibility index (Phi) is 7.48. The molecule has 4 rings (SSSR count). The highest BCUT2D eigenvalue weighted by molar-refractivity contribution is 7.90. The Morgan fingerprint density at radius 1 is 0.947 bits per heavy atom. The zero-order valence-electron chi connectivity index (χ0n) is 19.6. The highest BCUT2D eigenvalue weighted by Crippen LogP contribution is 2.31. The minimum Gasteiger partial charge on any atom is -0.413 e. The summed E-state index contributed by atoms with van der Waals surface area (Å²) in [6.45, 7) is -1.21. The smallest absolute Gasteiger partial charge is 0.413 e. The fourth-order valence-corrected chi connectivity index (χ4v) is 6.14. The van der Waals surface area contributed by atoms with E-state index < -0.39 is 56.4 Å². The van der Waals surface area contributed by atoms with Crippen molar-refractivity contribution in [2.24, 2.45) is 0 Å². The van der Waals surface area contributed by atoms with E-state index in [1.165, 1.54) is 18.2 Å². The molecule has 206 valence electrons. The number of rotatable bonds is 7. The number of sulfonamides is 1. The topological polar surface area (TPSA) is 117 Å². The number of halogens is 5. The molecule has 2 aromatic carbocycles. The SMILES string of the molecule is CS(=O)(=O)N1CCN(S(=O)(=O)N(Cc2ccc(-c3nnc(C(F)(F)F)o3)cc2F)c2cccc(F)c2)CC1. The standard InChI is InChI=1S/C21H20F5N5O5S2/c1-37(32,33)29-7-9-30(10-8-29)38(34,35)31(17-4-2-3-16(22)12-17)13-15-6-5-14(11-18(15)23)19-27-28-20(36-19)21(24,25)26/h2-6,11-12H,7-10,13H2,1H3. The molecule has 1 fully saturated rings. The van der Waals surface area contributed by atoms with Gasteiger partial charge in [0.05, 0.1) is 18.5 Å². The van der Waals surface area contributed by atoms with Gasteiger partial charge in [-0.25, -0.2) is 17.2 Å². The van der Waals surface area contributed by atoms with Crippen molar-refractivity contribution in [1.29, 1.82) is 0 Å². The van der Waals surface area contributed by atoms with Gasteiger partial charge in [-0.2, -0.15) is 30.2 Å². The molecule has 0 N–H and O–H groups in total. The van der Waals surface area contributed by atoms with Gasteiger partial charge in [0, 0.05) is 37.3 Å². The summed E-state index contributed by atoms with van der Waals surface area (Å²) in [5.41, 5.74) is -0.482. The van der Waals surface area contributed by atoms with Gasteiger partial charge in [-0.3, -0.25) is 4.31 Å². The Labute approximate surface area is 214 Å². The lowest BCUT2D eigenvalue weighted by Crippen LogP contribution is -2.54.